The average molecular weight is 969 g/mol. The van der Waals surface area contributed by atoms with Gasteiger partial charge in [-0.1, -0.05) is 90.7 Å². The number of nitrogens with zero attached hydrogens (tertiary/aromatic N) is 6. The number of rotatable bonds is 12. The normalized spacial score (nSPS) is 22.4. The average Bonchev–Trinajstić information content (AvgIpc) is 3.88. The predicted octanol–water partition coefficient (Wildman–Crippen LogP) is 6.05. The Labute approximate surface area is 416 Å². The summed E-state index contributed by atoms with van der Waals surface area (Å²) < 4.78 is 29.4. The number of ether oxygens (including phenoxy) is 5. The van der Waals surface area contributed by atoms with Gasteiger partial charge in [0, 0.05) is 62.4 Å². The monoisotopic (exact) mass is 968 g/mol. The molecule has 0 saturated carbocycles. The molecule has 72 heavy (non-hydrogen) atoms. The number of aliphatic hydroxyl groups excluding tert-OH is 1. The van der Waals surface area contributed by atoms with Crippen LogP contribution in [-0.4, -0.2) is 122 Å². The first-order valence-corrected chi connectivity index (χ1v) is 23.8. The van der Waals surface area contributed by atoms with Crippen LogP contribution in [0.2, 0.25) is 0 Å². The number of amides is 3. The van der Waals surface area contributed by atoms with Crippen LogP contribution in [0.3, 0.4) is 0 Å². The summed E-state index contributed by atoms with van der Waals surface area (Å²) in [7, 11) is 3.05. The quantitative estimate of drug-likeness (QED) is 0.0853. The third-order valence-electron chi connectivity index (χ3n) is 13.9. The van der Waals surface area contributed by atoms with E-state index in [9.17, 15) is 9.90 Å². The van der Waals surface area contributed by atoms with Gasteiger partial charge in [-0.2, -0.15) is 0 Å². The van der Waals surface area contributed by atoms with E-state index in [1.165, 1.54) is 7.11 Å². The molecule has 16 heteroatoms. The number of piperazine rings is 1. The highest BCUT2D eigenvalue weighted by molar-refractivity contribution is 6.23. The lowest BCUT2D eigenvalue weighted by atomic mass is 9.64. The largest absolute Gasteiger partial charge is 0.497 e. The number of imide groups is 1. The molecule has 10 rings (SSSR count). The second-order valence-corrected chi connectivity index (χ2v) is 17.7. The van der Waals surface area contributed by atoms with Crippen LogP contribution in [-0.2, 0) is 34.0 Å². The summed E-state index contributed by atoms with van der Waals surface area (Å²) in [5.74, 6) is 4.41. The van der Waals surface area contributed by atoms with Gasteiger partial charge in [0.2, 0.25) is 17.8 Å². The summed E-state index contributed by atoms with van der Waals surface area (Å²) in [6.45, 7) is 0.524. The lowest BCUT2D eigenvalue weighted by Gasteiger charge is -2.46. The zero-order valence-corrected chi connectivity index (χ0v) is 39.7. The summed E-state index contributed by atoms with van der Waals surface area (Å²) in [6.07, 6.45) is 1.38. The maximum atomic E-state index is 16.7. The molecule has 3 fully saturated rings. The third kappa shape index (κ3) is 8.55. The molecule has 0 aliphatic carbocycles. The van der Waals surface area contributed by atoms with Crippen LogP contribution in [0.15, 0.2) is 146 Å². The maximum Gasteiger partial charge on any atom is 0.421 e. The number of hydrogen-bond donors (Lipinski definition) is 1. The number of carbonyl (C=O) groups is 4. The number of methoxy groups -OCH3 is 2. The zero-order valence-electron chi connectivity index (χ0n) is 39.7. The first-order chi connectivity index (χ1) is 35.3. The molecule has 4 aliphatic rings. The van der Waals surface area contributed by atoms with Crippen molar-refractivity contribution in [3.8, 4) is 23.3 Å². The van der Waals surface area contributed by atoms with E-state index < -0.39 is 59.4 Å². The van der Waals surface area contributed by atoms with Gasteiger partial charge in [0.05, 0.1) is 44.0 Å². The molecule has 0 bridgehead atoms. The molecule has 0 radical (unpaired) electrons. The predicted molar refractivity (Wildman–Crippen MR) is 264 cm³/mol. The van der Waals surface area contributed by atoms with Gasteiger partial charge < -0.3 is 38.6 Å². The molecule has 5 aromatic carbocycles. The lowest BCUT2D eigenvalue weighted by Crippen LogP contribution is -2.59. The number of morpholine rings is 1. The number of hydrogen-bond acceptors (Lipinski definition) is 14. The number of para-hydroxylation sites is 1. The number of fused-ring (bicyclic) bond motifs is 3. The van der Waals surface area contributed by atoms with Crippen LogP contribution in [0, 0.1) is 17.8 Å². The van der Waals surface area contributed by atoms with Crippen LogP contribution >= 0.6 is 0 Å². The second-order valence-electron chi connectivity index (χ2n) is 17.7. The molecule has 3 amide bonds. The minimum atomic E-state index is -2.09. The molecule has 1 aromatic heterocycles. The molecule has 1 spiro atoms. The first kappa shape index (κ1) is 47.6. The lowest BCUT2D eigenvalue weighted by molar-refractivity contribution is -0.179. The van der Waals surface area contributed by atoms with Crippen LogP contribution in [0.25, 0.3) is 0 Å². The van der Waals surface area contributed by atoms with Crippen LogP contribution < -0.4 is 19.3 Å². The van der Waals surface area contributed by atoms with Crippen molar-refractivity contribution < 1.29 is 48.0 Å². The van der Waals surface area contributed by atoms with Crippen molar-refractivity contribution in [2.24, 2.45) is 5.92 Å². The van der Waals surface area contributed by atoms with Crippen molar-refractivity contribution in [1.29, 1.82) is 0 Å². The summed E-state index contributed by atoms with van der Waals surface area (Å²) >= 11 is 0. The molecule has 1 N–H and O–H groups in total. The SMILES string of the molecule is COCCOC(=O)N1C(=O)[C@@]2(c3cc(C#Cc4ccc(OC)cc4)ccc31)[C@H](c1ccccc1OCCO)N1[C@H](c3ccccc3)[C@H](c3ccccc3)OC(=O)[C@H]1[C@@H]2C(=O)N1CCN(c2ncccn2)CC1. The Morgan fingerprint density at radius 2 is 1.42 bits per heavy atom. The number of anilines is 2. The smallest absolute Gasteiger partial charge is 0.421 e. The molecule has 6 aromatic rings. The summed E-state index contributed by atoms with van der Waals surface area (Å²) in [5.41, 5.74) is 1.35. The van der Waals surface area contributed by atoms with E-state index in [4.69, 9.17) is 23.7 Å². The van der Waals surface area contributed by atoms with Crippen molar-refractivity contribution in [1.82, 2.24) is 19.8 Å². The van der Waals surface area contributed by atoms with Gasteiger partial charge >= 0.3 is 12.1 Å². The number of aliphatic hydroxyl groups is 1. The van der Waals surface area contributed by atoms with Crippen molar-refractivity contribution in [3.63, 3.8) is 0 Å². The van der Waals surface area contributed by atoms with Gasteiger partial charge in [0.1, 0.15) is 42.3 Å². The highest BCUT2D eigenvalue weighted by Crippen LogP contribution is 2.67. The first-order valence-electron chi connectivity index (χ1n) is 23.8. The molecule has 4 aliphatic heterocycles. The molecule has 5 heterocycles. The highest BCUT2D eigenvalue weighted by Gasteiger charge is 2.76. The fourth-order valence-electron chi connectivity index (χ4n) is 10.8. The van der Waals surface area contributed by atoms with Gasteiger partial charge in [-0.3, -0.25) is 19.3 Å². The van der Waals surface area contributed by atoms with E-state index in [1.807, 2.05) is 82.6 Å². The van der Waals surface area contributed by atoms with E-state index in [2.05, 4.69) is 21.8 Å². The fourth-order valence-corrected chi connectivity index (χ4v) is 10.8. The summed E-state index contributed by atoms with van der Waals surface area (Å²) in [4.78, 5) is 78.9. The van der Waals surface area contributed by atoms with Gasteiger partial charge in [0.15, 0.2) is 0 Å². The number of esters is 1. The van der Waals surface area contributed by atoms with Crippen LogP contribution in [0.1, 0.15) is 51.6 Å². The summed E-state index contributed by atoms with van der Waals surface area (Å²) in [5, 5.41) is 10.2. The van der Waals surface area contributed by atoms with E-state index in [0.29, 0.717) is 52.8 Å². The Hall–Kier alpha value is -8.10. The van der Waals surface area contributed by atoms with Crippen LogP contribution in [0.5, 0.6) is 11.5 Å². The minimum Gasteiger partial charge on any atom is -0.497 e. The molecule has 366 valence electrons. The number of cyclic esters (lactones) is 1. The topological polar surface area (TPSA) is 173 Å². The van der Waals surface area contributed by atoms with Gasteiger partial charge in [-0.25, -0.2) is 19.7 Å². The maximum absolute atomic E-state index is 16.7. The zero-order chi connectivity index (χ0) is 49.8. The third-order valence-corrected chi connectivity index (χ3v) is 13.9. The van der Waals surface area contributed by atoms with Crippen molar-refractivity contribution >= 4 is 35.5 Å². The Kier molecular flexibility index (Phi) is 13.7. The molecular weight excluding hydrogens is 917 g/mol. The Balaban J connectivity index is 1.25. The van der Waals surface area contributed by atoms with Gasteiger partial charge in [-0.15, -0.1) is 0 Å². The Morgan fingerprint density at radius 1 is 0.750 bits per heavy atom. The Morgan fingerprint density at radius 3 is 2.11 bits per heavy atom. The molecule has 3 saturated heterocycles. The molecule has 6 atom stereocenters. The molecular formula is C56H52N6O10. The molecule has 0 unspecified atom stereocenters. The number of carbonyl (C=O) groups excluding carboxylic acids is 4. The van der Waals surface area contributed by atoms with Gasteiger partial charge in [-0.05, 0) is 71.3 Å². The van der Waals surface area contributed by atoms with E-state index in [0.717, 1.165) is 10.5 Å². The summed E-state index contributed by atoms with van der Waals surface area (Å²) in [6, 6.07) is 36.6. The second kappa shape index (κ2) is 20.7. The van der Waals surface area contributed by atoms with Crippen molar-refractivity contribution in [2.45, 2.75) is 29.6 Å². The van der Waals surface area contributed by atoms with E-state index >= 15 is 14.4 Å². The molecule has 16 nitrogen and oxygen atoms in total. The standard InChI is InChI=1S/C56H52N6O10/c1-68-34-35-71-55(67)61-44-25-22-38(19-18-37-20-23-41(69-2)24-21-37)36-43(44)56(53(61)66)46(51(64)59-28-30-60(31-29-59)54-57-26-11-27-58-54)48-52(65)72-49(40-14-7-4-8-15-40)47(39-12-5-3-6-13-39)62(48)50(56)42-16-9-10-17-45(42)70-33-32-63/h3-17,20-27,36,46-50,63H,28-35H2,1-2H3/t46-,47-,48-,49+,50+,56-/m1/s1. The minimum absolute atomic E-state index is 0.0479. The Bertz CT molecular complexity index is 3000. The van der Waals surface area contributed by atoms with Crippen molar-refractivity contribution in [2.75, 3.05) is 76.6 Å². The van der Waals surface area contributed by atoms with Crippen molar-refractivity contribution in [3.05, 3.63) is 179 Å². The number of benzene rings is 5. The highest BCUT2D eigenvalue weighted by atomic mass is 16.6. The number of aromatic nitrogens is 2. The van der Waals surface area contributed by atoms with Crippen LogP contribution in [0.4, 0.5) is 16.4 Å². The van der Waals surface area contributed by atoms with Gasteiger partial charge in [0.25, 0.3) is 0 Å². The van der Waals surface area contributed by atoms with E-state index in [-0.39, 0.29) is 50.8 Å². The fraction of sp³-hybridized carbons (Fsp3) is 0.286. The van der Waals surface area contributed by atoms with E-state index in [1.54, 1.807) is 85.1 Å².